The number of amides is 1. The average Bonchev–Trinajstić information content (AvgIpc) is 3.44. The molecule has 0 saturated carbocycles. The SMILES string of the molecule is COc1ccc(OCCN(C)C(=O)c2cc(C)nc3c2cnn3Cc2cccs2)cc1. The van der Waals surface area contributed by atoms with Gasteiger partial charge in [-0.05, 0) is 48.7 Å². The Morgan fingerprint density at radius 2 is 1.97 bits per heavy atom. The fourth-order valence-corrected chi connectivity index (χ4v) is 3.98. The third-order valence-corrected chi connectivity index (χ3v) is 5.82. The predicted octanol–water partition coefficient (Wildman–Crippen LogP) is 4.01. The Bertz CT molecular complexity index is 1170. The van der Waals surface area contributed by atoms with Crippen molar-refractivity contribution in [3.63, 3.8) is 0 Å². The van der Waals surface area contributed by atoms with Gasteiger partial charge in [-0.25, -0.2) is 9.67 Å². The van der Waals surface area contributed by atoms with Gasteiger partial charge in [0.1, 0.15) is 18.1 Å². The Morgan fingerprint density at radius 1 is 1.19 bits per heavy atom. The van der Waals surface area contributed by atoms with Gasteiger partial charge in [-0.1, -0.05) is 6.07 Å². The van der Waals surface area contributed by atoms with E-state index < -0.39 is 0 Å². The maximum Gasteiger partial charge on any atom is 0.254 e. The standard InChI is InChI=1S/C23H24N4O3S/c1-16-13-20(21-14-24-27(22(21)25-16)15-19-5-4-12-31-19)23(28)26(2)10-11-30-18-8-6-17(29-3)7-9-18/h4-9,12-14H,10-11,15H2,1-3H3. The second-order valence-electron chi connectivity index (χ2n) is 7.18. The molecule has 0 fully saturated rings. The van der Waals surface area contributed by atoms with Crippen molar-refractivity contribution >= 4 is 28.3 Å². The highest BCUT2D eigenvalue weighted by atomic mass is 32.1. The van der Waals surface area contributed by atoms with Gasteiger partial charge in [-0.3, -0.25) is 4.79 Å². The minimum atomic E-state index is -0.0792. The maximum absolute atomic E-state index is 13.2. The van der Waals surface area contributed by atoms with E-state index in [1.165, 1.54) is 4.88 Å². The number of carbonyl (C=O) groups excluding carboxylic acids is 1. The number of carbonyl (C=O) groups is 1. The van der Waals surface area contributed by atoms with Crippen molar-refractivity contribution in [1.82, 2.24) is 19.7 Å². The van der Waals surface area contributed by atoms with E-state index in [-0.39, 0.29) is 5.91 Å². The lowest BCUT2D eigenvalue weighted by Crippen LogP contribution is -2.31. The summed E-state index contributed by atoms with van der Waals surface area (Å²) >= 11 is 1.67. The second kappa shape index (κ2) is 9.18. The van der Waals surface area contributed by atoms with Gasteiger partial charge in [0.2, 0.25) is 0 Å². The first kappa shape index (κ1) is 20.9. The number of aromatic nitrogens is 3. The van der Waals surface area contributed by atoms with Crippen molar-refractivity contribution in [3.8, 4) is 11.5 Å². The Balaban J connectivity index is 1.46. The molecule has 0 N–H and O–H groups in total. The largest absolute Gasteiger partial charge is 0.497 e. The van der Waals surface area contributed by atoms with E-state index in [4.69, 9.17) is 9.47 Å². The molecule has 8 heteroatoms. The summed E-state index contributed by atoms with van der Waals surface area (Å²) < 4.78 is 12.8. The van der Waals surface area contributed by atoms with E-state index in [0.29, 0.717) is 25.3 Å². The summed E-state index contributed by atoms with van der Waals surface area (Å²) in [5, 5.41) is 7.28. The Labute approximate surface area is 184 Å². The number of hydrogen-bond donors (Lipinski definition) is 0. The molecule has 1 aromatic carbocycles. The van der Waals surface area contributed by atoms with Gasteiger partial charge in [-0.15, -0.1) is 11.3 Å². The van der Waals surface area contributed by atoms with Crippen molar-refractivity contribution < 1.29 is 14.3 Å². The monoisotopic (exact) mass is 436 g/mol. The van der Waals surface area contributed by atoms with Gasteiger partial charge in [0.25, 0.3) is 5.91 Å². The molecule has 0 atom stereocenters. The van der Waals surface area contributed by atoms with Crippen LogP contribution in [0.3, 0.4) is 0 Å². The first-order chi connectivity index (χ1) is 15.0. The molecule has 7 nitrogen and oxygen atoms in total. The molecule has 0 radical (unpaired) electrons. The highest BCUT2D eigenvalue weighted by Crippen LogP contribution is 2.22. The average molecular weight is 437 g/mol. The van der Waals surface area contributed by atoms with Crippen LogP contribution in [0.1, 0.15) is 20.9 Å². The van der Waals surface area contributed by atoms with Crippen LogP contribution in [0.5, 0.6) is 11.5 Å². The van der Waals surface area contributed by atoms with Crippen molar-refractivity contribution in [2.75, 3.05) is 27.3 Å². The van der Waals surface area contributed by atoms with Gasteiger partial charge in [0.05, 0.1) is 37.3 Å². The maximum atomic E-state index is 13.2. The number of thiophene rings is 1. The normalized spacial score (nSPS) is 10.9. The molecule has 31 heavy (non-hydrogen) atoms. The van der Waals surface area contributed by atoms with E-state index >= 15 is 0 Å². The molecular formula is C23H24N4O3S. The van der Waals surface area contributed by atoms with Gasteiger partial charge >= 0.3 is 0 Å². The van der Waals surface area contributed by atoms with Gasteiger partial charge in [-0.2, -0.15) is 5.10 Å². The van der Waals surface area contributed by atoms with Crippen LogP contribution in [-0.4, -0.2) is 52.9 Å². The highest BCUT2D eigenvalue weighted by molar-refractivity contribution is 7.09. The van der Waals surface area contributed by atoms with Crippen LogP contribution in [0.2, 0.25) is 0 Å². The van der Waals surface area contributed by atoms with Crippen LogP contribution in [0.25, 0.3) is 11.0 Å². The van der Waals surface area contributed by atoms with Crippen LogP contribution in [0, 0.1) is 6.92 Å². The quantitative estimate of drug-likeness (QED) is 0.417. The van der Waals surface area contributed by atoms with E-state index in [2.05, 4.69) is 16.1 Å². The van der Waals surface area contributed by atoms with Gasteiger partial charge < -0.3 is 14.4 Å². The summed E-state index contributed by atoms with van der Waals surface area (Å²) in [6.45, 7) is 3.37. The Hall–Kier alpha value is -3.39. The van der Waals surface area contributed by atoms with Crippen LogP contribution in [-0.2, 0) is 6.54 Å². The van der Waals surface area contributed by atoms with Crippen molar-refractivity contribution in [2.24, 2.45) is 0 Å². The fourth-order valence-electron chi connectivity index (χ4n) is 3.30. The summed E-state index contributed by atoms with van der Waals surface area (Å²) in [6, 6.07) is 13.3. The molecule has 4 aromatic rings. The van der Waals surface area contributed by atoms with Crippen LogP contribution in [0.15, 0.2) is 54.0 Å². The van der Waals surface area contributed by atoms with E-state index in [1.54, 1.807) is 36.6 Å². The van der Waals surface area contributed by atoms with Gasteiger partial charge in [0, 0.05) is 17.6 Å². The minimum absolute atomic E-state index is 0.0792. The third-order valence-electron chi connectivity index (χ3n) is 4.95. The smallest absolute Gasteiger partial charge is 0.254 e. The van der Waals surface area contributed by atoms with E-state index in [1.807, 2.05) is 53.4 Å². The molecule has 0 unspecified atom stereocenters. The lowest BCUT2D eigenvalue weighted by Gasteiger charge is -2.18. The number of fused-ring (bicyclic) bond motifs is 1. The molecule has 0 saturated heterocycles. The first-order valence-electron chi connectivity index (χ1n) is 9.93. The first-order valence-corrected chi connectivity index (χ1v) is 10.8. The summed E-state index contributed by atoms with van der Waals surface area (Å²) in [5.41, 5.74) is 2.11. The molecular weight excluding hydrogens is 412 g/mol. The number of benzene rings is 1. The lowest BCUT2D eigenvalue weighted by molar-refractivity contribution is 0.0775. The molecule has 0 aliphatic carbocycles. The molecule has 4 rings (SSSR count). The number of rotatable bonds is 8. The minimum Gasteiger partial charge on any atom is -0.497 e. The number of nitrogens with zero attached hydrogens (tertiary/aromatic N) is 4. The molecule has 0 spiro atoms. The number of aryl methyl sites for hydroxylation is 1. The number of hydrogen-bond acceptors (Lipinski definition) is 6. The number of pyridine rings is 1. The zero-order valence-corrected chi connectivity index (χ0v) is 18.6. The molecule has 0 bridgehead atoms. The number of ether oxygens (including phenoxy) is 2. The molecule has 1 amide bonds. The van der Waals surface area contributed by atoms with E-state index in [9.17, 15) is 4.79 Å². The summed E-state index contributed by atoms with van der Waals surface area (Å²) in [7, 11) is 3.40. The third kappa shape index (κ3) is 4.69. The highest BCUT2D eigenvalue weighted by Gasteiger charge is 2.19. The van der Waals surface area contributed by atoms with Crippen LogP contribution >= 0.6 is 11.3 Å². The molecule has 0 aliphatic heterocycles. The number of likely N-dealkylation sites (N-methyl/N-ethyl adjacent to an activating group) is 1. The zero-order chi connectivity index (χ0) is 21.8. The molecule has 0 aliphatic rings. The molecule has 3 heterocycles. The fraction of sp³-hybridized carbons (Fsp3) is 0.261. The second-order valence-corrected chi connectivity index (χ2v) is 8.21. The summed E-state index contributed by atoms with van der Waals surface area (Å²) in [6.07, 6.45) is 1.73. The van der Waals surface area contributed by atoms with Crippen molar-refractivity contribution in [3.05, 3.63) is 70.2 Å². The van der Waals surface area contributed by atoms with Crippen molar-refractivity contribution in [2.45, 2.75) is 13.5 Å². The van der Waals surface area contributed by atoms with Crippen molar-refractivity contribution in [1.29, 1.82) is 0 Å². The van der Waals surface area contributed by atoms with E-state index in [0.717, 1.165) is 28.2 Å². The lowest BCUT2D eigenvalue weighted by atomic mass is 10.1. The summed E-state index contributed by atoms with van der Waals surface area (Å²) in [4.78, 5) is 20.6. The van der Waals surface area contributed by atoms with Gasteiger partial charge in [0.15, 0.2) is 5.65 Å². The van der Waals surface area contributed by atoms with Crippen LogP contribution in [0.4, 0.5) is 0 Å². The summed E-state index contributed by atoms with van der Waals surface area (Å²) in [5.74, 6) is 1.43. The topological polar surface area (TPSA) is 69.5 Å². The predicted molar refractivity (Wildman–Crippen MR) is 121 cm³/mol. The number of methoxy groups -OCH3 is 1. The Kier molecular flexibility index (Phi) is 6.18. The zero-order valence-electron chi connectivity index (χ0n) is 17.7. The molecule has 160 valence electrons. The molecule has 3 aromatic heterocycles. The Morgan fingerprint density at radius 3 is 2.68 bits per heavy atom. The van der Waals surface area contributed by atoms with Crippen LogP contribution < -0.4 is 9.47 Å².